The standard InChI is InChI=1S/C22H22N2O2/c1-16(2)26-21-20(15-18-12-8-5-9-13-18)24(3)22(25)19(23-21)14-17-10-6-4-7-11-17/h4-16H,1-3H3/b19-14-,20-15-. The monoisotopic (exact) mass is 346 g/mol. The molecule has 0 amide bonds. The van der Waals surface area contributed by atoms with Gasteiger partial charge in [-0.05, 0) is 37.1 Å². The molecule has 1 aromatic heterocycles. The van der Waals surface area contributed by atoms with Gasteiger partial charge >= 0.3 is 0 Å². The number of nitrogens with zero attached hydrogens (tertiary/aromatic N) is 2. The van der Waals surface area contributed by atoms with Crippen LogP contribution < -0.4 is 21.0 Å². The van der Waals surface area contributed by atoms with Crippen molar-refractivity contribution in [2.45, 2.75) is 20.0 Å². The minimum absolute atomic E-state index is 0.0486. The molecule has 0 aliphatic carbocycles. The van der Waals surface area contributed by atoms with E-state index in [0.717, 1.165) is 11.1 Å². The molecule has 3 rings (SSSR count). The van der Waals surface area contributed by atoms with Crippen LogP contribution in [-0.2, 0) is 7.05 Å². The molecule has 4 heteroatoms. The average molecular weight is 346 g/mol. The molecule has 0 radical (unpaired) electrons. The lowest BCUT2D eigenvalue weighted by atomic mass is 10.2. The average Bonchev–Trinajstić information content (AvgIpc) is 2.64. The van der Waals surface area contributed by atoms with Gasteiger partial charge in [0.05, 0.1) is 6.10 Å². The molecule has 0 N–H and O–H groups in total. The number of rotatable bonds is 4. The maximum absolute atomic E-state index is 12.8. The van der Waals surface area contributed by atoms with Crippen LogP contribution in [0.25, 0.3) is 12.2 Å². The summed E-state index contributed by atoms with van der Waals surface area (Å²) in [5.41, 5.74) is 1.75. The van der Waals surface area contributed by atoms with Crippen LogP contribution in [0.3, 0.4) is 0 Å². The van der Waals surface area contributed by atoms with E-state index in [2.05, 4.69) is 4.98 Å². The first-order valence-corrected chi connectivity index (χ1v) is 8.62. The molecule has 0 spiro atoms. The van der Waals surface area contributed by atoms with E-state index >= 15 is 0 Å². The van der Waals surface area contributed by atoms with Crippen molar-refractivity contribution >= 4 is 12.2 Å². The van der Waals surface area contributed by atoms with Gasteiger partial charge in [-0.1, -0.05) is 60.7 Å². The first-order chi connectivity index (χ1) is 12.5. The lowest BCUT2D eigenvalue weighted by molar-refractivity contribution is 0.226. The minimum Gasteiger partial charge on any atom is -0.473 e. The van der Waals surface area contributed by atoms with Crippen molar-refractivity contribution in [3.05, 3.63) is 92.8 Å². The minimum atomic E-state index is -0.160. The Bertz CT molecular complexity index is 1050. The zero-order valence-electron chi connectivity index (χ0n) is 15.2. The number of hydrogen-bond donors (Lipinski definition) is 0. The molecule has 0 bridgehead atoms. The number of aromatic nitrogens is 2. The van der Waals surface area contributed by atoms with Crippen LogP contribution >= 0.6 is 0 Å². The van der Waals surface area contributed by atoms with Crippen LogP contribution in [0.4, 0.5) is 0 Å². The van der Waals surface area contributed by atoms with Crippen LogP contribution in [0, 0.1) is 0 Å². The summed E-state index contributed by atoms with van der Waals surface area (Å²) >= 11 is 0. The SMILES string of the molecule is CC(C)Oc1n/c(=C\c2ccccc2)c(=O)n(C)/c1=C\c1ccccc1. The summed E-state index contributed by atoms with van der Waals surface area (Å²) in [5.74, 6) is 0.452. The van der Waals surface area contributed by atoms with Crippen molar-refractivity contribution in [2.24, 2.45) is 7.05 Å². The summed E-state index contributed by atoms with van der Waals surface area (Å²) in [4.78, 5) is 17.3. The summed E-state index contributed by atoms with van der Waals surface area (Å²) in [5, 5.41) is 1.01. The maximum atomic E-state index is 12.8. The highest BCUT2D eigenvalue weighted by Gasteiger charge is 2.08. The van der Waals surface area contributed by atoms with E-state index in [4.69, 9.17) is 4.74 Å². The predicted molar refractivity (Wildman–Crippen MR) is 105 cm³/mol. The third-order valence-corrected chi connectivity index (χ3v) is 3.88. The van der Waals surface area contributed by atoms with Crippen molar-refractivity contribution in [3.63, 3.8) is 0 Å². The van der Waals surface area contributed by atoms with Crippen molar-refractivity contribution in [2.75, 3.05) is 0 Å². The Hall–Kier alpha value is -3.14. The zero-order valence-corrected chi connectivity index (χ0v) is 15.2. The van der Waals surface area contributed by atoms with Gasteiger partial charge in [0.25, 0.3) is 5.56 Å². The third kappa shape index (κ3) is 4.09. The van der Waals surface area contributed by atoms with Crippen LogP contribution in [0.5, 0.6) is 5.88 Å². The topological polar surface area (TPSA) is 44.1 Å². The normalized spacial score (nSPS) is 12.6. The van der Waals surface area contributed by atoms with Crippen molar-refractivity contribution < 1.29 is 4.74 Å². The van der Waals surface area contributed by atoms with Gasteiger partial charge in [-0.15, -0.1) is 0 Å². The van der Waals surface area contributed by atoms with Gasteiger partial charge in [-0.3, -0.25) is 4.79 Å². The number of benzene rings is 2. The fraction of sp³-hybridized carbons (Fsp3) is 0.182. The molecule has 0 atom stereocenters. The quantitative estimate of drug-likeness (QED) is 0.728. The van der Waals surface area contributed by atoms with E-state index < -0.39 is 0 Å². The highest BCUT2D eigenvalue weighted by atomic mass is 16.5. The van der Waals surface area contributed by atoms with Gasteiger partial charge in [0.15, 0.2) is 0 Å². The first-order valence-electron chi connectivity index (χ1n) is 8.62. The molecule has 0 aliphatic rings. The van der Waals surface area contributed by atoms with E-state index in [9.17, 15) is 4.79 Å². The Balaban J connectivity index is 2.26. The zero-order chi connectivity index (χ0) is 18.5. The van der Waals surface area contributed by atoms with Gasteiger partial charge < -0.3 is 9.30 Å². The molecular weight excluding hydrogens is 324 g/mol. The molecule has 2 aromatic carbocycles. The predicted octanol–water partition coefficient (Wildman–Crippen LogP) is 2.23. The lowest BCUT2D eigenvalue weighted by Gasteiger charge is -2.11. The van der Waals surface area contributed by atoms with E-state index in [1.807, 2.05) is 80.6 Å². The van der Waals surface area contributed by atoms with Gasteiger partial charge in [0.1, 0.15) is 10.7 Å². The summed E-state index contributed by atoms with van der Waals surface area (Å²) in [6.07, 6.45) is 3.65. The van der Waals surface area contributed by atoms with Gasteiger partial charge in [0, 0.05) is 7.05 Å². The molecule has 0 saturated heterocycles. The molecule has 0 saturated carbocycles. The number of hydrogen-bond acceptors (Lipinski definition) is 3. The Morgan fingerprint density at radius 2 is 1.46 bits per heavy atom. The second-order valence-corrected chi connectivity index (χ2v) is 6.33. The van der Waals surface area contributed by atoms with Crippen molar-refractivity contribution in [1.82, 2.24) is 9.55 Å². The first kappa shape index (κ1) is 17.7. The van der Waals surface area contributed by atoms with E-state index in [-0.39, 0.29) is 11.7 Å². The summed E-state index contributed by atoms with van der Waals surface area (Å²) in [6.45, 7) is 3.89. The van der Waals surface area contributed by atoms with E-state index in [1.54, 1.807) is 17.7 Å². The molecule has 4 nitrogen and oxygen atoms in total. The van der Waals surface area contributed by atoms with Crippen LogP contribution in [-0.4, -0.2) is 15.7 Å². The van der Waals surface area contributed by atoms with Gasteiger partial charge in [-0.25, -0.2) is 4.98 Å². The Morgan fingerprint density at radius 1 is 0.923 bits per heavy atom. The fourth-order valence-corrected chi connectivity index (χ4v) is 2.62. The summed E-state index contributed by atoms with van der Waals surface area (Å²) < 4.78 is 7.50. The van der Waals surface area contributed by atoms with Crippen LogP contribution in [0.1, 0.15) is 25.0 Å². The van der Waals surface area contributed by atoms with Crippen molar-refractivity contribution in [1.29, 1.82) is 0 Å². The molecule has 3 aromatic rings. The summed E-state index contributed by atoms with van der Waals surface area (Å²) in [7, 11) is 1.74. The largest absolute Gasteiger partial charge is 0.473 e. The maximum Gasteiger partial charge on any atom is 0.276 e. The molecular formula is C22H22N2O2. The lowest BCUT2D eigenvalue weighted by Crippen LogP contribution is -2.44. The number of ether oxygens (including phenoxy) is 1. The highest BCUT2D eigenvalue weighted by Crippen LogP contribution is 2.03. The molecule has 132 valence electrons. The Morgan fingerprint density at radius 3 is 2.00 bits per heavy atom. The molecule has 0 unspecified atom stereocenters. The van der Waals surface area contributed by atoms with Gasteiger partial charge in [-0.2, -0.15) is 0 Å². The summed E-state index contributed by atoms with van der Waals surface area (Å²) in [6, 6.07) is 19.5. The second-order valence-electron chi connectivity index (χ2n) is 6.33. The van der Waals surface area contributed by atoms with Crippen molar-refractivity contribution in [3.8, 4) is 5.88 Å². The molecule has 1 heterocycles. The fourth-order valence-electron chi connectivity index (χ4n) is 2.62. The highest BCUT2D eigenvalue weighted by molar-refractivity contribution is 5.51. The Kier molecular flexibility index (Phi) is 5.32. The van der Waals surface area contributed by atoms with Crippen LogP contribution in [0.15, 0.2) is 65.5 Å². The molecule has 0 aliphatic heterocycles. The third-order valence-electron chi connectivity index (χ3n) is 3.88. The smallest absolute Gasteiger partial charge is 0.276 e. The Labute approximate surface area is 152 Å². The van der Waals surface area contributed by atoms with Crippen LogP contribution in [0.2, 0.25) is 0 Å². The second kappa shape index (κ2) is 7.83. The molecule has 0 fully saturated rings. The van der Waals surface area contributed by atoms with Gasteiger partial charge in [0.2, 0.25) is 5.88 Å². The molecule has 26 heavy (non-hydrogen) atoms. The van der Waals surface area contributed by atoms with E-state index in [1.165, 1.54) is 0 Å². The van der Waals surface area contributed by atoms with E-state index in [0.29, 0.717) is 16.6 Å².